The molecule has 0 aliphatic heterocycles. The number of aryl methyl sites for hydroxylation is 1. The van der Waals surface area contributed by atoms with Crippen LogP contribution < -0.4 is 10.6 Å². The molecule has 3 rings (SSSR count). The average Bonchev–Trinajstić information content (AvgIpc) is 2.91. The summed E-state index contributed by atoms with van der Waals surface area (Å²) in [4.78, 5) is 28.6. The summed E-state index contributed by atoms with van der Waals surface area (Å²) in [5.41, 5.74) is 3.55. The van der Waals surface area contributed by atoms with Gasteiger partial charge in [0.1, 0.15) is 0 Å². The molecule has 0 unspecified atom stereocenters. The first kappa shape index (κ1) is 31.6. The third kappa shape index (κ3) is 9.63. The van der Waals surface area contributed by atoms with Crippen LogP contribution >= 0.6 is 23.2 Å². The van der Waals surface area contributed by atoms with E-state index in [9.17, 15) is 14.7 Å². The molecule has 0 heterocycles. The molecule has 0 radical (unpaired) electrons. The number of amides is 2. The van der Waals surface area contributed by atoms with E-state index in [4.69, 9.17) is 23.2 Å². The fraction of sp³-hybridized carbons (Fsp3) is 0.375. The Kier molecular flexibility index (Phi) is 12.5. The fourth-order valence-corrected chi connectivity index (χ4v) is 5.27. The molecule has 0 aliphatic rings. The molecule has 0 aliphatic carbocycles. The number of aliphatic hydroxyl groups excluding tert-OH is 1. The van der Waals surface area contributed by atoms with Crippen molar-refractivity contribution >= 4 is 35.0 Å². The molecule has 0 saturated carbocycles. The van der Waals surface area contributed by atoms with Gasteiger partial charge in [-0.3, -0.25) is 9.59 Å². The van der Waals surface area contributed by atoms with Gasteiger partial charge in [0, 0.05) is 47.4 Å². The van der Waals surface area contributed by atoms with Crippen LogP contribution in [-0.4, -0.2) is 53.6 Å². The highest BCUT2D eigenvalue weighted by Crippen LogP contribution is 2.21. The van der Waals surface area contributed by atoms with E-state index >= 15 is 0 Å². The van der Waals surface area contributed by atoms with Crippen molar-refractivity contribution in [3.05, 3.63) is 105 Å². The standard InChI is InChI=1S/C32H39Cl2N3O3/c1-4-11-37(12-5-2)32(40)26-14-22(3)13-25(18-26)31(39)36-29(17-24-15-27(33)19-28(34)16-24)30(38)21-35-20-23-9-7-6-8-10-23/h6-10,13-16,18-19,29-30,35,38H,4-5,11-12,17,20-21H2,1-3H3,(H,36,39)/t29-,30+/m0/s1. The molecule has 3 N–H and O–H groups in total. The van der Waals surface area contributed by atoms with Gasteiger partial charge in [-0.2, -0.15) is 0 Å². The van der Waals surface area contributed by atoms with Crippen LogP contribution in [-0.2, 0) is 13.0 Å². The van der Waals surface area contributed by atoms with Gasteiger partial charge in [0.25, 0.3) is 11.8 Å². The van der Waals surface area contributed by atoms with Crippen molar-refractivity contribution in [1.29, 1.82) is 0 Å². The van der Waals surface area contributed by atoms with Gasteiger partial charge in [0.15, 0.2) is 0 Å². The molecule has 8 heteroatoms. The van der Waals surface area contributed by atoms with Gasteiger partial charge in [0.05, 0.1) is 12.1 Å². The summed E-state index contributed by atoms with van der Waals surface area (Å²) < 4.78 is 0. The molecule has 6 nitrogen and oxygen atoms in total. The molecule has 0 spiro atoms. The summed E-state index contributed by atoms with van der Waals surface area (Å²) >= 11 is 12.4. The number of carbonyl (C=O) groups is 2. The smallest absolute Gasteiger partial charge is 0.253 e. The molecule has 3 aromatic carbocycles. The van der Waals surface area contributed by atoms with E-state index in [2.05, 4.69) is 10.6 Å². The summed E-state index contributed by atoms with van der Waals surface area (Å²) in [6, 6.07) is 19.6. The summed E-state index contributed by atoms with van der Waals surface area (Å²) in [6.45, 7) is 8.11. The zero-order valence-electron chi connectivity index (χ0n) is 23.4. The minimum atomic E-state index is -0.902. The lowest BCUT2D eigenvalue weighted by Crippen LogP contribution is -2.48. The Bertz CT molecular complexity index is 1240. The van der Waals surface area contributed by atoms with Crippen LogP contribution in [0.15, 0.2) is 66.7 Å². The third-order valence-corrected chi connectivity index (χ3v) is 6.98. The Morgan fingerprint density at radius 3 is 2.12 bits per heavy atom. The van der Waals surface area contributed by atoms with Crippen molar-refractivity contribution in [3.8, 4) is 0 Å². The number of carbonyl (C=O) groups excluding carboxylic acids is 2. The van der Waals surface area contributed by atoms with E-state index in [1.165, 1.54) is 0 Å². The first-order chi connectivity index (χ1) is 19.2. The van der Waals surface area contributed by atoms with Crippen LogP contribution in [0.5, 0.6) is 0 Å². The van der Waals surface area contributed by atoms with Crippen molar-refractivity contribution < 1.29 is 14.7 Å². The van der Waals surface area contributed by atoms with Gasteiger partial charge in [-0.15, -0.1) is 0 Å². The van der Waals surface area contributed by atoms with Gasteiger partial charge in [-0.25, -0.2) is 0 Å². The van der Waals surface area contributed by atoms with Crippen molar-refractivity contribution in [2.45, 2.75) is 58.7 Å². The Morgan fingerprint density at radius 2 is 1.50 bits per heavy atom. The normalized spacial score (nSPS) is 12.6. The van der Waals surface area contributed by atoms with Crippen LogP contribution in [0.3, 0.4) is 0 Å². The maximum absolute atomic E-state index is 13.5. The van der Waals surface area contributed by atoms with Crippen molar-refractivity contribution in [1.82, 2.24) is 15.5 Å². The predicted octanol–water partition coefficient (Wildman–Crippen LogP) is 6.06. The van der Waals surface area contributed by atoms with Gasteiger partial charge in [-0.1, -0.05) is 67.4 Å². The van der Waals surface area contributed by atoms with Crippen LogP contribution in [0.2, 0.25) is 10.0 Å². The molecular formula is C32H39Cl2N3O3. The molecule has 214 valence electrons. The summed E-state index contributed by atoms with van der Waals surface area (Å²) in [6.07, 6.45) is 1.13. The van der Waals surface area contributed by atoms with E-state index < -0.39 is 12.1 Å². The van der Waals surface area contributed by atoms with Gasteiger partial charge in [-0.05, 0) is 79.3 Å². The Morgan fingerprint density at radius 1 is 0.875 bits per heavy atom. The second-order valence-electron chi connectivity index (χ2n) is 10.1. The lowest BCUT2D eigenvalue weighted by Gasteiger charge is -2.25. The molecule has 0 bridgehead atoms. The van der Waals surface area contributed by atoms with E-state index in [0.717, 1.165) is 29.5 Å². The van der Waals surface area contributed by atoms with Crippen LogP contribution in [0.25, 0.3) is 0 Å². The molecule has 0 fully saturated rings. The maximum Gasteiger partial charge on any atom is 0.253 e. The number of nitrogens with one attached hydrogen (secondary N) is 2. The van der Waals surface area contributed by atoms with Gasteiger partial charge < -0.3 is 20.6 Å². The van der Waals surface area contributed by atoms with Gasteiger partial charge >= 0.3 is 0 Å². The molecule has 2 atom stereocenters. The summed E-state index contributed by atoms with van der Waals surface area (Å²) in [5, 5.41) is 18.4. The van der Waals surface area contributed by atoms with Crippen LogP contribution in [0.4, 0.5) is 0 Å². The fourth-order valence-electron chi connectivity index (χ4n) is 4.70. The Balaban J connectivity index is 1.80. The van der Waals surface area contributed by atoms with E-state index in [1.807, 2.05) is 62.1 Å². The van der Waals surface area contributed by atoms with E-state index in [1.54, 1.807) is 30.3 Å². The minimum Gasteiger partial charge on any atom is -0.390 e. The molecular weight excluding hydrogens is 545 g/mol. The number of aliphatic hydroxyl groups is 1. The Labute approximate surface area is 247 Å². The zero-order chi connectivity index (χ0) is 29.1. The first-order valence-corrected chi connectivity index (χ1v) is 14.5. The number of halogens is 2. The van der Waals surface area contributed by atoms with Crippen molar-refractivity contribution in [2.24, 2.45) is 0 Å². The van der Waals surface area contributed by atoms with Gasteiger partial charge in [0.2, 0.25) is 0 Å². The molecule has 2 amide bonds. The average molecular weight is 585 g/mol. The van der Waals surface area contributed by atoms with Crippen LogP contribution in [0.1, 0.15) is 64.1 Å². The van der Waals surface area contributed by atoms with E-state index in [-0.39, 0.29) is 18.4 Å². The largest absolute Gasteiger partial charge is 0.390 e. The first-order valence-electron chi connectivity index (χ1n) is 13.8. The second kappa shape index (κ2) is 15.8. The molecule has 3 aromatic rings. The highest BCUT2D eigenvalue weighted by atomic mass is 35.5. The Hall–Kier alpha value is -2.90. The molecule has 0 saturated heterocycles. The minimum absolute atomic E-state index is 0.0864. The third-order valence-electron chi connectivity index (χ3n) is 6.55. The molecule has 40 heavy (non-hydrogen) atoms. The highest BCUT2D eigenvalue weighted by Gasteiger charge is 2.24. The number of nitrogens with zero attached hydrogens (tertiary/aromatic N) is 1. The topological polar surface area (TPSA) is 81.7 Å². The number of rotatable bonds is 14. The monoisotopic (exact) mass is 583 g/mol. The number of hydrogen-bond acceptors (Lipinski definition) is 4. The highest BCUT2D eigenvalue weighted by molar-refractivity contribution is 6.34. The summed E-state index contributed by atoms with van der Waals surface area (Å²) in [7, 11) is 0. The number of hydrogen-bond donors (Lipinski definition) is 3. The zero-order valence-corrected chi connectivity index (χ0v) is 24.9. The second-order valence-corrected chi connectivity index (χ2v) is 11.0. The van der Waals surface area contributed by atoms with Crippen LogP contribution in [0, 0.1) is 6.92 Å². The van der Waals surface area contributed by atoms with E-state index in [0.29, 0.717) is 47.2 Å². The number of benzene rings is 3. The van der Waals surface area contributed by atoms with Crippen molar-refractivity contribution in [3.63, 3.8) is 0 Å². The predicted molar refractivity (Wildman–Crippen MR) is 163 cm³/mol. The van der Waals surface area contributed by atoms with Crippen molar-refractivity contribution in [2.75, 3.05) is 19.6 Å². The summed E-state index contributed by atoms with van der Waals surface area (Å²) in [5.74, 6) is -0.452. The SMILES string of the molecule is CCCN(CCC)C(=O)c1cc(C)cc(C(=O)N[C@@H](Cc2cc(Cl)cc(Cl)c2)[C@H](O)CNCc2ccccc2)c1. The quantitative estimate of drug-likeness (QED) is 0.215. The maximum atomic E-state index is 13.5. The lowest BCUT2D eigenvalue weighted by molar-refractivity contribution is 0.0755. The molecule has 0 aromatic heterocycles. The lowest BCUT2D eigenvalue weighted by atomic mass is 9.99.